The van der Waals surface area contributed by atoms with Crippen LogP contribution in [0.15, 0.2) is 42.7 Å². The number of ether oxygens (including phenoxy) is 1. The number of methoxy groups -OCH3 is 1. The molecule has 1 heterocycles. The van der Waals surface area contributed by atoms with E-state index < -0.39 is 9.84 Å². The molecule has 0 amide bonds. The van der Waals surface area contributed by atoms with Gasteiger partial charge in [-0.15, -0.1) is 23.1 Å². The fourth-order valence-electron chi connectivity index (χ4n) is 1.76. The lowest BCUT2D eigenvalue weighted by atomic mass is 10.3. The van der Waals surface area contributed by atoms with Gasteiger partial charge in [-0.25, -0.2) is 8.42 Å². The molecule has 0 atom stereocenters. The molecule has 2 aromatic rings. The van der Waals surface area contributed by atoms with Crippen LogP contribution < -0.4 is 10.5 Å². The van der Waals surface area contributed by atoms with Crippen molar-refractivity contribution in [1.82, 2.24) is 0 Å². The topological polar surface area (TPSA) is 93.2 Å². The highest BCUT2D eigenvalue weighted by atomic mass is 79.9. The lowest BCUT2D eigenvalue weighted by molar-refractivity contribution is 0.413. The molecule has 3 N–H and O–H groups in total. The molecular weight excluding hydrogens is 408 g/mol. The molecule has 0 spiro atoms. The lowest BCUT2D eigenvalue weighted by Crippen LogP contribution is -2.08. The third-order valence-electron chi connectivity index (χ3n) is 2.80. The minimum Gasteiger partial charge on any atom is -0.497 e. The van der Waals surface area contributed by atoms with Crippen molar-refractivity contribution in [3.63, 3.8) is 0 Å². The molecular formula is C13H13BrN2O3S3. The number of hydrogen-bond donors (Lipinski definition) is 2. The van der Waals surface area contributed by atoms with Gasteiger partial charge in [0.1, 0.15) is 11.6 Å². The van der Waals surface area contributed by atoms with Gasteiger partial charge >= 0.3 is 0 Å². The Kier molecular flexibility index (Phi) is 5.21. The maximum atomic E-state index is 12.9. The van der Waals surface area contributed by atoms with Crippen molar-refractivity contribution in [3.8, 4) is 5.75 Å². The van der Waals surface area contributed by atoms with Gasteiger partial charge < -0.3 is 10.5 Å². The molecule has 22 heavy (non-hydrogen) atoms. The second-order valence-electron chi connectivity index (χ2n) is 4.21. The molecule has 0 saturated carbocycles. The Bertz CT molecular complexity index is 831. The number of halogens is 1. The van der Waals surface area contributed by atoms with Crippen LogP contribution in [0.5, 0.6) is 5.75 Å². The summed E-state index contributed by atoms with van der Waals surface area (Å²) in [6, 6.07) is 6.12. The van der Waals surface area contributed by atoms with Crippen LogP contribution in [0.2, 0.25) is 0 Å². The molecule has 0 fully saturated rings. The highest BCUT2D eigenvalue weighted by molar-refractivity contribution is 9.10. The van der Waals surface area contributed by atoms with Crippen molar-refractivity contribution in [2.75, 3.05) is 13.4 Å². The molecule has 0 aliphatic heterocycles. The predicted molar refractivity (Wildman–Crippen MR) is 93.3 cm³/mol. The fourth-order valence-corrected chi connectivity index (χ4v) is 6.30. The van der Waals surface area contributed by atoms with Crippen molar-refractivity contribution in [2.45, 2.75) is 14.0 Å². The zero-order valence-corrected chi connectivity index (χ0v) is 15.7. The van der Waals surface area contributed by atoms with Crippen LogP contribution in [-0.4, -0.2) is 27.6 Å². The van der Waals surface area contributed by atoms with Gasteiger partial charge in [0, 0.05) is 4.47 Å². The smallest absolute Gasteiger partial charge is 0.208 e. The number of nitrogens with two attached hydrogens (primary N) is 1. The lowest BCUT2D eigenvalue weighted by Gasteiger charge is -2.07. The summed E-state index contributed by atoms with van der Waals surface area (Å²) in [7, 11) is -2.25. The zero-order chi connectivity index (χ0) is 16.5. The van der Waals surface area contributed by atoms with Crippen LogP contribution in [-0.2, 0) is 9.84 Å². The van der Waals surface area contributed by atoms with E-state index in [0.717, 1.165) is 0 Å². The first-order valence-electron chi connectivity index (χ1n) is 5.91. The Morgan fingerprint density at radius 1 is 1.36 bits per heavy atom. The molecule has 0 unspecified atom stereocenters. The van der Waals surface area contributed by atoms with Gasteiger partial charge in [0.2, 0.25) is 9.84 Å². The average molecular weight is 421 g/mol. The van der Waals surface area contributed by atoms with Crippen LogP contribution in [0.4, 0.5) is 0 Å². The quantitative estimate of drug-likeness (QED) is 0.439. The van der Waals surface area contributed by atoms with Crippen molar-refractivity contribution < 1.29 is 13.2 Å². The van der Waals surface area contributed by atoms with E-state index in [1.807, 2.05) is 0 Å². The Morgan fingerprint density at radius 3 is 2.59 bits per heavy atom. The molecule has 9 heteroatoms. The van der Waals surface area contributed by atoms with E-state index in [-0.39, 0.29) is 15.6 Å². The number of thiophene rings is 1. The van der Waals surface area contributed by atoms with E-state index in [4.69, 9.17) is 15.9 Å². The van der Waals surface area contributed by atoms with Crippen molar-refractivity contribution >= 4 is 54.7 Å². The third-order valence-corrected chi connectivity index (χ3v) is 7.57. The van der Waals surface area contributed by atoms with Crippen LogP contribution in [0, 0.1) is 5.41 Å². The molecule has 0 bridgehead atoms. The van der Waals surface area contributed by atoms with Gasteiger partial charge in [-0.1, -0.05) is 15.9 Å². The molecule has 1 aromatic carbocycles. The van der Waals surface area contributed by atoms with E-state index in [0.29, 0.717) is 19.3 Å². The number of thioether (sulfide) groups is 1. The molecule has 5 nitrogen and oxygen atoms in total. The Hall–Kier alpha value is -1.03. The highest BCUT2D eigenvalue weighted by Crippen LogP contribution is 2.38. The summed E-state index contributed by atoms with van der Waals surface area (Å²) >= 11 is 5.79. The molecule has 118 valence electrons. The minimum atomic E-state index is -3.72. The SMILES string of the molecule is COc1cc(Br)cc(S(=O)(=O)c2cc(C(=N)N)sc2SC)c1. The van der Waals surface area contributed by atoms with Gasteiger partial charge in [-0.3, -0.25) is 5.41 Å². The Labute approximate surface area is 145 Å². The highest BCUT2D eigenvalue weighted by Gasteiger charge is 2.25. The second kappa shape index (κ2) is 6.61. The van der Waals surface area contributed by atoms with Crippen LogP contribution in [0.3, 0.4) is 0 Å². The summed E-state index contributed by atoms with van der Waals surface area (Å²) < 4.78 is 32.1. The van der Waals surface area contributed by atoms with Crippen LogP contribution >= 0.6 is 39.0 Å². The summed E-state index contributed by atoms with van der Waals surface area (Å²) in [4.78, 5) is 0.724. The summed E-state index contributed by atoms with van der Waals surface area (Å²) in [5.41, 5.74) is 5.46. The standard InChI is InChI=1S/C13H13BrN2O3S3/c1-19-8-3-7(14)4-9(5-8)22(17,18)11-6-10(12(15)16)21-13(11)20-2/h3-6H,1-2H3,(H3,15,16). The first kappa shape index (κ1) is 17.3. The largest absolute Gasteiger partial charge is 0.497 e. The number of nitrogens with one attached hydrogen (secondary N) is 1. The van der Waals surface area contributed by atoms with Gasteiger partial charge in [-0.2, -0.15) is 0 Å². The van der Waals surface area contributed by atoms with E-state index in [2.05, 4.69) is 15.9 Å². The van der Waals surface area contributed by atoms with Gasteiger partial charge in [-0.05, 0) is 30.5 Å². The maximum Gasteiger partial charge on any atom is 0.208 e. The first-order valence-corrected chi connectivity index (χ1v) is 10.2. The molecule has 0 radical (unpaired) electrons. The van der Waals surface area contributed by atoms with E-state index in [1.54, 1.807) is 12.3 Å². The number of sulfone groups is 1. The number of nitrogen functional groups attached to an aromatic ring is 1. The Balaban J connectivity index is 2.65. The number of hydrogen-bond acceptors (Lipinski definition) is 6. The van der Waals surface area contributed by atoms with Crippen molar-refractivity contribution in [2.24, 2.45) is 5.73 Å². The first-order chi connectivity index (χ1) is 10.3. The van der Waals surface area contributed by atoms with E-state index >= 15 is 0 Å². The predicted octanol–water partition coefficient (Wildman–Crippen LogP) is 3.36. The maximum absolute atomic E-state index is 12.9. The number of rotatable bonds is 5. The summed E-state index contributed by atoms with van der Waals surface area (Å²) in [6.45, 7) is 0. The second-order valence-corrected chi connectivity index (χ2v) is 9.17. The van der Waals surface area contributed by atoms with E-state index in [9.17, 15) is 8.42 Å². The molecule has 0 saturated heterocycles. The van der Waals surface area contributed by atoms with E-state index in [1.165, 1.54) is 48.4 Å². The average Bonchev–Trinajstić information content (AvgIpc) is 2.91. The number of amidine groups is 1. The molecule has 0 aliphatic carbocycles. The fraction of sp³-hybridized carbons (Fsp3) is 0.154. The van der Waals surface area contributed by atoms with Crippen molar-refractivity contribution in [3.05, 3.63) is 33.6 Å². The normalized spacial score (nSPS) is 11.4. The third kappa shape index (κ3) is 3.32. The summed E-state index contributed by atoms with van der Waals surface area (Å²) in [5.74, 6) is 0.300. The summed E-state index contributed by atoms with van der Waals surface area (Å²) in [6.07, 6.45) is 1.79. The van der Waals surface area contributed by atoms with Gasteiger partial charge in [0.15, 0.2) is 0 Å². The minimum absolute atomic E-state index is 0.127. The van der Waals surface area contributed by atoms with Crippen molar-refractivity contribution in [1.29, 1.82) is 5.41 Å². The molecule has 2 rings (SSSR count). The molecule has 1 aromatic heterocycles. The monoisotopic (exact) mass is 420 g/mol. The summed E-state index contributed by atoms with van der Waals surface area (Å²) in [5, 5.41) is 7.48. The Morgan fingerprint density at radius 2 is 2.05 bits per heavy atom. The van der Waals surface area contributed by atoms with Gasteiger partial charge in [0.05, 0.1) is 26.0 Å². The van der Waals surface area contributed by atoms with Crippen LogP contribution in [0.1, 0.15) is 4.88 Å². The van der Waals surface area contributed by atoms with Gasteiger partial charge in [0.25, 0.3) is 0 Å². The van der Waals surface area contributed by atoms with Crippen LogP contribution in [0.25, 0.3) is 0 Å². The zero-order valence-electron chi connectivity index (χ0n) is 11.7. The molecule has 0 aliphatic rings. The number of benzene rings is 1.